The van der Waals surface area contributed by atoms with Crippen LogP contribution in [0.4, 0.5) is 0 Å². The molecule has 0 fully saturated rings. The van der Waals surface area contributed by atoms with Crippen molar-refractivity contribution in [2.24, 2.45) is 0 Å². The fourth-order valence-corrected chi connectivity index (χ4v) is 4.12. The molecule has 6 heteroatoms. The van der Waals surface area contributed by atoms with Gasteiger partial charge in [0, 0.05) is 6.42 Å². The molecule has 0 atom stereocenters. The van der Waals surface area contributed by atoms with Crippen LogP contribution in [0, 0.1) is 0 Å². The molecule has 208 valence electrons. The number of unbranched alkanes of at least 4 members (excludes halogenated alkanes) is 15. The molecule has 0 saturated carbocycles. The third-order valence-corrected chi connectivity index (χ3v) is 6.60. The van der Waals surface area contributed by atoms with Crippen LogP contribution >= 0.6 is 0 Å². The Bertz CT molecular complexity index is 509. The monoisotopic (exact) mass is 499 g/mol. The molecular formula is C29H59N2O4+. The van der Waals surface area contributed by atoms with Gasteiger partial charge in [0.2, 0.25) is 0 Å². The van der Waals surface area contributed by atoms with E-state index in [9.17, 15) is 9.59 Å². The lowest BCUT2D eigenvalue weighted by molar-refractivity contribution is -0.890. The van der Waals surface area contributed by atoms with Crippen molar-refractivity contribution in [3.05, 3.63) is 0 Å². The van der Waals surface area contributed by atoms with Crippen molar-refractivity contribution in [1.29, 1.82) is 0 Å². The van der Waals surface area contributed by atoms with Crippen molar-refractivity contribution in [3.63, 3.8) is 0 Å². The molecule has 0 spiro atoms. The summed E-state index contributed by atoms with van der Waals surface area (Å²) in [6, 6.07) is 0. The van der Waals surface area contributed by atoms with E-state index < -0.39 is 0 Å². The highest BCUT2D eigenvalue weighted by Crippen LogP contribution is 2.14. The topological polar surface area (TPSA) is 55.8 Å². The van der Waals surface area contributed by atoms with E-state index in [4.69, 9.17) is 9.47 Å². The SMILES string of the molecule is CCCCCCCCCCCCCCCCCCC(=O)OCC[N+](C)(C)CCOC(=O)CN(C)C. The summed E-state index contributed by atoms with van der Waals surface area (Å²) in [5.74, 6) is -0.298. The van der Waals surface area contributed by atoms with E-state index in [1.54, 1.807) is 4.90 Å². The van der Waals surface area contributed by atoms with Gasteiger partial charge in [0.05, 0.1) is 20.6 Å². The fraction of sp³-hybridized carbons (Fsp3) is 0.931. The van der Waals surface area contributed by atoms with Crippen LogP contribution in [0.25, 0.3) is 0 Å². The summed E-state index contributed by atoms with van der Waals surface area (Å²) in [7, 11) is 7.80. The van der Waals surface area contributed by atoms with Crippen molar-refractivity contribution in [1.82, 2.24) is 4.90 Å². The lowest BCUT2D eigenvalue weighted by Gasteiger charge is -2.29. The number of esters is 2. The Morgan fingerprint density at radius 3 is 1.37 bits per heavy atom. The molecule has 0 saturated heterocycles. The molecule has 0 aromatic rings. The zero-order chi connectivity index (χ0) is 26.2. The largest absolute Gasteiger partial charge is 0.460 e. The molecule has 0 heterocycles. The van der Waals surface area contributed by atoms with Gasteiger partial charge >= 0.3 is 11.9 Å². The van der Waals surface area contributed by atoms with Gasteiger partial charge in [-0.25, -0.2) is 0 Å². The van der Waals surface area contributed by atoms with Crippen LogP contribution in [0.15, 0.2) is 0 Å². The van der Waals surface area contributed by atoms with Crippen LogP contribution in [0.3, 0.4) is 0 Å². The molecule has 6 nitrogen and oxygen atoms in total. The number of carbonyl (C=O) groups is 2. The highest BCUT2D eigenvalue weighted by molar-refractivity contribution is 5.71. The normalized spacial score (nSPS) is 11.7. The van der Waals surface area contributed by atoms with Crippen LogP contribution in [0.5, 0.6) is 0 Å². The van der Waals surface area contributed by atoms with Crippen molar-refractivity contribution in [2.75, 3.05) is 61.0 Å². The maximum atomic E-state index is 12.0. The van der Waals surface area contributed by atoms with E-state index in [2.05, 4.69) is 21.0 Å². The van der Waals surface area contributed by atoms with E-state index in [1.807, 2.05) is 14.1 Å². The first-order chi connectivity index (χ1) is 16.8. The predicted molar refractivity (Wildman–Crippen MR) is 146 cm³/mol. The first-order valence-corrected chi connectivity index (χ1v) is 14.5. The van der Waals surface area contributed by atoms with E-state index in [0.29, 0.717) is 37.2 Å². The van der Waals surface area contributed by atoms with Crippen LogP contribution in [0.2, 0.25) is 0 Å². The Morgan fingerprint density at radius 2 is 0.971 bits per heavy atom. The maximum Gasteiger partial charge on any atom is 0.320 e. The molecule has 0 unspecified atom stereocenters. The van der Waals surface area contributed by atoms with E-state index in [-0.39, 0.29) is 11.9 Å². The minimum Gasteiger partial charge on any atom is -0.460 e. The number of rotatable bonds is 25. The first-order valence-electron chi connectivity index (χ1n) is 14.5. The Kier molecular flexibility index (Phi) is 22.5. The Labute approximate surface area is 217 Å². The zero-order valence-electron chi connectivity index (χ0n) is 24.1. The second-order valence-electron chi connectivity index (χ2n) is 11.1. The van der Waals surface area contributed by atoms with Gasteiger partial charge in [-0.05, 0) is 20.5 Å². The summed E-state index contributed by atoms with van der Waals surface area (Å²) in [6.45, 7) is 4.79. The predicted octanol–water partition coefficient (Wildman–Crippen LogP) is 6.36. The molecule has 0 aromatic heterocycles. The summed E-state index contributed by atoms with van der Waals surface area (Å²) in [5.41, 5.74) is 0. The Morgan fingerprint density at radius 1 is 0.600 bits per heavy atom. The average molecular weight is 500 g/mol. The zero-order valence-corrected chi connectivity index (χ0v) is 24.1. The minimum atomic E-state index is -0.208. The van der Waals surface area contributed by atoms with Crippen molar-refractivity contribution < 1.29 is 23.5 Å². The molecule has 0 aliphatic carbocycles. The van der Waals surface area contributed by atoms with E-state index in [0.717, 1.165) is 19.4 Å². The summed E-state index contributed by atoms with van der Waals surface area (Å²) >= 11 is 0. The molecule has 0 radical (unpaired) electrons. The smallest absolute Gasteiger partial charge is 0.320 e. The van der Waals surface area contributed by atoms with Gasteiger partial charge in [-0.15, -0.1) is 0 Å². The number of likely N-dealkylation sites (N-methyl/N-ethyl adjacent to an activating group) is 2. The lowest BCUT2D eigenvalue weighted by Crippen LogP contribution is -2.45. The van der Waals surface area contributed by atoms with Gasteiger partial charge in [0.1, 0.15) is 26.3 Å². The van der Waals surface area contributed by atoms with Crippen molar-refractivity contribution in [2.45, 2.75) is 116 Å². The van der Waals surface area contributed by atoms with Crippen LogP contribution in [0.1, 0.15) is 116 Å². The van der Waals surface area contributed by atoms with Crippen molar-refractivity contribution >= 4 is 11.9 Å². The number of nitrogens with zero attached hydrogens (tertiary/aromatic N) is 2. The number of hydrogen-bond acceptors (Lipinski definition) is 5. The first kappa shape index (κ1) is 33.9. The lowest BCUT2D eigenvalue weighted by atomic mass is 10.0. The minimum absolute atomic E-state index is 0.0900. The van der Waals surface area contributed by atoms with Gasteiger partial charge < -0.3 is 14.0 Å². The van der Waals surface area contributed by atoms with E-state index >= 15 is 0 Å². The average Bonchev–Trinajstić information content (AvgIpc) is 2.78. The number of carbonyl (C=O) groups excluding carboxylic acids is 2. The standard InChI is InChI=1S/C29H59N2O4/c1-6-7-8-9-10-11-12-13-14-15-16-17-18-19-20-21-22-28(32)34-25-23-31(4,5)24-26-35-29(33)27-30(2)3/h6-27H2,1-5H3/q+1. The van der Waals surface area contributed by atoms with Gasteiger partial charge in [-0.3, -0.25) is 14.5 Å². The fourth-order valence-electron chi connectivity index (χ4n) is 4.12. The Balaban J connectivity index is 3.44. The maximum absolute atomic E-state index is 12.0. The van der Waals surface area contributed by atoms with Crippen molar-refractivity contribution in [3.8, 4) is 0 Å². The van der Waals surface area contributed by atoms with E-state index in [1.165, 1.54) is 89.9 Å². The summed E-state index contributed by atoms with van der Waals surface area (Å²) in [5, 5.41) is 0. The van der Waals surface area contributed by atoms with Crippen LogP contribution in [-0.4, -0.2) is 82.4 Å². The van der Waals surface area contributed by atoms with Crippen LogP contribution in [-0.2, 0) is 19.1 Å². The number of quaternary nitrogens is 1. The Hall–Kier alpha value is -1.14. The summed E-state index contributed by atoms with van der Waals surface area (Å²) in [6.07, 6.45) is 21.9. The number of hydrogen-bond donors (Lipinski definition) is 0. The summed E-state index contributed by atoms with van der Waals surface area (Å²) in [4.78, 5) is 25.4. The second-order valence-corrected chi connectivity index (χ2v) is 11.1. The summed E-state index contributed by atoms with van der Waals surface area (Å²) < 4.78 is 11.3. The molecule has 0 rings (SSSR count). The molecule has 35 heavy (non-hydrogen) atoms. The molecule has 0 aromatic carbocycles. The molecular weight excluding hydrogens is 440 g/mol. The highest BCUT2D eigenvalue weighted by atomic mass is 16.5. The van der Waals surface area contributed by atoms with Crippen LogP contribution < -0.4 is 0 Å². The quantitative estimate of drug-likeness (QED) is 0.0831. The van der Waals surface area contributed by atoms with Gasteiger partial charge in [-0.1, -0.05) is 103 Å². The molecule has 0 N–H and O–H groups in total. The number of ether oxygens (including phenoxy) is 2. The molecule has 0 amide bonds. The molecule has 0 bridgehead atoms. The molecule has 0 aliphatic heterocycles. The highest BCUT2D eigenvalue weighted by Gasteiger charge is 2.17. The van der Waals surface area contributed by atoms with Gasteiger partial charge in [-0.2, -0.15) is 0 Å². The van der Waals surface area contributed by atoms with Gasteiger partial charge in [0.15, 0.2) is 0 Å². The molecule has 0 aliphatic rings. The second kappa shape index (κ2) is 23.3. The third-order valence-electron chi connectivity index (χ3n) is 6.60. The third kappa shape index (κ3) is 25.8. The van der Waals surface area contributed by atoms with Gasteiger partial charge in [0.25, 0.3) is 0 Å².